The lowest BCUT2D eigenvalue weighted by Crippen LogP contribution is -2.42. The monoisotopic (exact) mass is 612 g/mol. The number of aromatic nitrogens is 2. The molecule has 0 aliphatic heterocycles. The van der Waals surface area contributed by atoms with Crippen LogP contribution in [0.4, 0.5) is 5.69 Å². The zero-order valence-electron chi connectivity index (χ0n) is 25.5. The van der Waals surface area contributed by atoms with Gasteiger partial charge in [-0.25, -0.2) is 9.97 Å². The van der Waals surface area contributed by atoms with Crippen LogP contribution in [-0.2, 0) is 14.3 Å². The summed E-state index contributed by atoms with van der Waals surface area (Å²) >= 11 is 1.76. The molecule has 3 fully saturated rings. The third-order valence-electron chi connectivity index (χ3n) is 9.68. The van der Waals surface area contributed by atoms with Gasteiger partial charge in [0.2, 0.25) is 5.91 Å². The van der Waals surface area contributed by atoms with E-state index in [2.05, 4.69) is 40.3 Å². The molecule has 0 bridgehead atoms. The lowest BCUT2D eigenvalue weighted by molar-refractivity contribution is -0.147. The molecule has 230 valence electrons. The Bertz CT molecular complexity index is 1530. The van der Waals surface area contributed by atoms with Crippen LogP contribution in [0.1, 0.15) is 92.4 Å². The van der Waals surface area contributed by atoms with Crippen molar-refractivity contribution >= 4 is 28.9 Å². The Labute approximate surface area is 263 Å². The second-order valence-electron chi connectivity index (χ2n) is 12.5. The van der Waals surface area contributed by atoms with E-state index in [1.165, 1.54) is 25.0 Å². The molecule has 9 heteroatoms. The van der Waals surface area contributed by atoms with E-state index in [9.17, 15) is 14.9 Å². The number of nitriles is 1. The summed E-state index contributed by atoms with van der Waals surface area (Å²) in [6, 6.07) is 14.3. The Morgan fingerprint density at radius 2 is 1.68 bits per heavy atom. The topological polar surface area (TPSA) is 105 Å². The maximum Gasteiger partial charge on any atom is 0.308 e. The van der Waals surface area contributed by atoms with Gasteiger partial charge < -0.3 is 14.4 Å². The Balaban J connectivity index is 1.19. The van der Waals surface area contributed by atoms with Crippen LogP contribution in [0.2, 0.25) is 0 Å². The maximum atomic E-state index is 14.2. The molecule has 2 heterocycles. The van der Waals surface area contributed by atoms with Gasteiger partial charge in [-0.15, -0.1) is 11.3 Å². The molecular weight excluding hydrogens is 572 g/mol. The van der Waals surface area contributed by atoms with Gasteiger partial charge in [0.05, 0.1) is 30.0 Å². The SMILES string of the molecule is COc1ccc([C@H]2CC[C@H](CN(c3cccc(-c4cnc(C5CC5)s4)c3)C(=O)[C@H]3CC[C@H](C(=O)OC)CC3)CC2)nc1C#N. The number of rotatable bonds is 9. The molecule has 0 radical (unpaired) electrons. The third-order valence-corrected chi connectivity index (χ3v) is 10.9. The number of methoxy groups -OCH3 is 2. The van der Waals surface area contributed by atoms with Crippen LogP contribution >= 0.6 is 11.3 Å². The zero-order valence-corrected chi connectivity index (χ0v) is 26.4. The normalized spacial score (nSPS) is 23.4. The number of esters is 1. The molecule has 3 aliphatic rings. The summed E-state index contributed by atoms with van der Waals surface area (Å²) in [5.74, 6) is 1.55. The van der Waals surface area contributed by atoms with Crippen molar-refractivity contribution in [1.29, 1.82) is 5.26 Å². The molecule has 1 amide bonds. The molecule has 0 unspecified atom stereocenters. The van der Waals surface area contributed by atoms with Gasteiger partial charge in [-0.3, -0.25) is 9.59 Å². The molecule has 0 spiro atoms. The van der Waals surface area contributed by atoms with Gasteiger partial charge in [-0.05, 0) is 100.0 Å². The van der Waals surface area contributed by atoms with Crippen LogP contribution in [0, 0.1) is 29.1 Å². The second-order valence-corrected chi connectivity index (χ2v) is 13.6. The maximum absolute atomic E-state index is 14.2. The number of hydrogen-bond donors (Lipinski definition) is 0. The molecule has 8 nitrogen and oxygen atoms in total. The van der Waals surface area contributed by atoms with Crippen molar-refractivity contribution in [1.82, 2.24) is 9.97 Å². The van der Waals surface area contributed by atoms with Crippen LogP contribution in [0.25, 0.3) is 10.4 Å². The number of amides is 1. The van der Waals surface area contributed by atoms with E-state index in [1.807, 2.05) is 23.2 Å². The van der Waals surface area contributed by atoms with Gasteiger partial charge in [0.15, 0.2) is 11.4 Å². The number of thiazole rings is 1. The van der Waals surface area contributed by atoms with Crippen molar-refractivity contribution in [3.63, 3.8) is 0 Å². The fourth-order valence-corrected chi connectivity index (χ4v) is 7.97. The van der Waals surface area contributed by atoms with E-state index in [-0.39, 0.29) is 29.6 Å². The van der Waals surface area contributed by atoms with Crippen LogP contribution in [0.15, 0.2) is 42.6 Å². The van der Waals surface area contributed by atoms with Crippen molar-refractivity contribution in [3.05, 3.63) is 59.0 Å². The number of anilines is 1. The number of pyridine rings is 1. The summed E-state index contributed by atoms with van der Waals surface area (Å²) in [4.78, 5) is 38.8. The van der Waals surface area contributed by atoms with Crippen LogP contribution in [-0.4, -0.2) is 42.6 Å². The van der Waals surface area contributed by atoms with E-state index in [4.69, 9.17) is 9.47 Å². The number of ether oxygens (including phenoxy) is 2. The Hall–Kier alpha value is -3.77. The van der Waals surface area contributed by atoms with Crippen molar-refractivity contribution in [2.45, 2.75) is 76.0 Å². The third kappa shape index (κ3) is 6.66. The van der Waals surface area contributed by atoms with Gasteiger partial charge >= 0.3 is 5.97 Å². The van der Waals surface area contributed by atoms with Gasteiger partial charge in [0, 0.05) is 41.9 Å². The highest BCUT2D eigenvalue weighted by Gasteiger charge is 2.35. The smallest absolute Gasteiger partial charge is 0.308 e. The summed E-state index contributed by atoms with van der Waals surface area (Å²) in [5.41, 5.74) is 3.30. The number of hydrogen-bond acceptors (Lipinski definition) is 8. The molecule has 6 rings (SSSR count). The van der Waals surface area contributed by atoms with Gasteiger partial charge in [0.25, 0.3) is 0 Å². The average molecular weight is 613 g/mol. The molecule has 3 aromatic rings. The van der Waals surface area contributed by atoms with Gasteiger partial charge in [0.1, 0.15) is 6.07 Å². The van der Waals surface area contributed by atoms with Gasteiger partial charge in [-0.2, -0.15) is 5.26 Å². The minimum Gasteiger partial charge on any atom is -0.494 e. The molecular formula is C35H40N4O4S. The first-order valence-corrected chi connectivity index (χ1v) is 16.7. The molecule has 3 saturated carbocycles. The standard InChI is InChI=1S/C35H40N4O4S/c1-42-31-17-16-29(38-30(31)19-36)23-8-6-22(7-9-23)21-39(34(40)25-12-14-26(15-13-25)35(41)43-2)28-5-3-4-27(18-28)32-20-37-33(44-32)24-10-11-24/h3-5,16-18,20,22-26H,6-15,21H2,1-2H3/t22-,23-,25-,26-. The van der Waals surface area contributed by atoms with E-state index >= 15 is 0 Å². The highest BCUT2D eigenvalue weighted by atomic mass is 32.1. The lowest BCUT2D eigenvalue weighted by atomic mass is 9.79. The minimum atomic E-state index is -0.166. The summed E-state index contributed by atoms with van der Waals surface area (Å²) in [5, 5.41) is 10.7. The molecule has 1 aromatic carbocycles. The quantitative estimate of drug-likeness (QED) is 0.234. The predicted octanol–water partition coefficient (Wildman–Crippen LogP) is 7.25. The molecule has 44 heavy (non-hydrogen) atoms. The molecule has 2 aromatic heterocycles. The van der Waals surface area contributed by atoms with Crippen molar-refractivity contribution in [2.75, 3.05) is 25.7 Å². The van der Waals surface area contributed by atoms with E-state index in [1.54, 1.807) is 18.4 Å². The first-order chi connectivity index (χ1) is 21.5. The lowest BCUT2D eigenvalue weighted by Gasteiger charge is -2.36. The molecule has 0 atom stereocenters. The van der Waals surface area contributed by atoms with Crippen molar-refractivity contribution in [3.8, 4) is 22.3 Å². The summed E-state index contributed by atoms with van der Waals surface area (Å²) < 4.78 is 10.3. The van der Waals surface area contributed by atoms with E-state index in [0.29, 0.717) is 55.5 Å². The van der Waals surface area contributed by atoms with Crippen molar-refractivity contribution in [2.24, 2.45) is 17.8 Å². The number of benzene rings is 1. The second kappa shape index (κ2) is 13.5. The molecule has 0 saturated heterocycles. The zero-order chi connectivity index (χ0) is 30.6. The van der Waals surface area contributed by atoms with Crippen molar-refractivity contribution < 1.29 is 19.1 Å². The first kappa shape index (κ1) is 30.3. The largest absolute Gasteiger partial charge is 0.494 e. The van der Waals surface area contributed by atoms with Crippen LogP contribution in [0.3, 0.4) is 0 Å². The minimum absolute atomic E-state index is 0.103. The molecule has 0 N–H and O–H groups in total. The highest BCUT2D eigenvalue weighted by molar-refractivity contribution is 7.15. The predicted molar refractivity (Wildman–Crippen MR) is 170 cm³/mol. The number of carbonyl (C=O) groups excluding carboxylic acids is 2. The number of nitrogens with zero attached hydrogens (tertiary/aromatic N) is 4. The first-order valence-electron chi connectivity index (χ1n) is 15.9. The van der Waals surface area contributed by atoms with E-state index < -0.39 is 0 Å². The highest BCUT2D eigenvalue weighted by Crippen LogP contribution is 2.44. The fourth-order valence-electron chi connectivity index (χ4n) is 6.89. The van der Waals surface area contributed by atoms with Gasteiger partial charge in [-0.1, -0.05) is 12.1 Å². The van der Waals surface area contributed by atoms with Crippen LogP contribution in [0.5, 0.6) is 5.75 Å². The Morgan fingerprint density at radius 1 is 0.955 bits per heavy atom. The Kier molecular flexibility index (Phi) is 9.27. The fraction of sp³-hybridized carbons (Fsp3) is 0.514. The average Bonchev–Trinajstić information content (AvgIpc) is 3.82. The van der Waals surface area contributed by atoms with E-state index in [0.717, 1.165) is 47.5 Å². The summed E-state index contributed by atoms with van der Waals surface area (Å²) in [6.45, 7) is 0.668. The Morgan fingerprint density at radius 3 is 2.36 bits per heavy atom. The summed E-state index contributed by atoms with van der Waals surface area (Å²) in [6.07, 6.45) is 11.1. The van der Waals surface area contributed by atoms with Crippen LogP contribution < -0.4 is 9.64 Å². The number of carbonyl (C=O) groups is 2. The molecule has 3 aliphatic carbocycles. The summed E-state index contributed by atoms with van der Waals surface area (Å²) in [7, 11) is 2.99.